The number of oxazole rings is 1. The van der Waals surface area contributed by atoms with Gasteiger partial charge in [-0.3, -0.25) is 9.00 Å². The van der Waals surface area contributed by atoms with Crippen molar-refractivity contribution < 1.29 is 22.9 Å². The largest absolute Gasteiger partial charge is 0.490 e. The van der Waals surface area contributed by atoms with Crippen LogP contribution in [0, 0.1) is 0 Å². The maximum Gasteiger partial charge on any atom is 0.316 e. The van der Waals surface area contributed by atoms with Gasteiger partial charge < -0.3 is 13.9 Å². The molecular formula is C22H25NO5S2. The SMILES string of the molecule is CCCCS(=O)CC(COc1ccccc1)OC(=O)CSc1nc2ccccc2o1. The second kappa shape index (κ2) is 11.8. The van der Waals surface area contributed by atoms with E-state index in [4.69, 9.17) is 13.9 Å². The molecule has 0 aliphatic rings. The van der Waals surface area contributed by atoms with Gasteiger partial charge in [-0.05, 0) is 30.7 Å². The first-order chi connectivity index (χ1) is 14.6. The molecule has 0 saturated heterocycles. The molecule has 1 heterocycles. The summed E-state index contributed by atoms with van der Waals surface area (Å²) in [5.74, 6) is 1.16. The predicted octanol–water partition coefficient (Wildman–Crippen LogP) is 4.46. The Bertz CT molecular complexity index is 927. The van der Waals surface area contributed by atoms with E-state index in [1.807, 2.05) is 54.6 Å². The van der Waals surface area contributed by atoms with E-state index in [9.17, 15) is 9.00 Å². The molecule has 0 amide bonds. The van der Waals surface area contributed by atoms with Crippen molar-refractivity contribution in [1.29, 1.82) is 0 Å². The lowest BCUT2D eigenvalue weighted by atomic mass is 10.3. The first-order valence-corrected chi connectivity index (χ1v) is 12.3. The third kappa shape index (κ3) is 7.18. The molecule has 1 aromatic heterocycles. The van der Waals surface area contributed by atoms with Gasteiger partial charge in [-0.2, -0.15) is 0 Å². The smallest absolute Gasteiger partial charge is 0.316 e. The minimum Gasteiger partial charge on any atom is -0.490 e. The highest BCUT2D eigenvalue weighted by Crippen LogP contribution is 2.23. The molecule has 30 heavy (non-hydrogen) atoms. The molecule has 0 radical (unpaired) electrons. The molecule has 0 spiro atoms. The van der Waals surface area contributed by atoms with E-state index >= 15 is 0 Å². The molecular weight excluding hydrogens is 422 g/mol. The Morgan fingerprint density at radius 3 is 2.70 bits per heavy atom. The van der Waals surface area contributed by atoms with Gasteiger partial charge in [0.05, 0.1) is 5.75 Å². The van der Waals surface area contributed by atoms with Crippen molar-refractivity contribution in [2.24, 2.45) is 0 Å². The lowest BCUT2D eigenvalue weighted by Crippen LogP contribution is -2.31. The molecule has 0 N–H and O–H groups in total. The lowest BCUT2D eigenvalue weighted by molar-refractivity contribution is -0.146. The van der Waals surface area contributed by atoms with E-state index in [0.29, 0.717) is 22.3 Å². The molecule has 6 nitrogen and oxygen atoms in total. The highest BCUT2D eigenvalue weighted by Gasteiger charge is 2.20. The minimum atomic E-state index is -1.07. The van der Waals surface area contributed by atoms with Crippen molar-refractivity contribution in [2.45, 2.75) is 31.1 Å². The number of carbonyl (C=O) groups excluding carboxylic acids is 1. The summed E-state index contributed by atoms with van der Waals surface area (Å²) < 4.78 is 29.2. The van der Waals surface area contributed by atoms with Gasteiger partial charge in [0, 0.05) is 16.6 Å². The van der Waals surface area contributed by atoms with Crippen molar-refractivity contribution in [3.8, 4) is 5.75 Å². The molecule has 2 atom stereocenters. The molecule has 0 bridgehead atoms. The maximum absolute atomic E-state index is 12.4. The van der Waals surface area contributed by atoms with Gasteiger partial charge in [0.25, 0.3) is 5.22 Å². The second-order valence-corrected chi connectivity index (χ2v) is 9.18. The number of aromatic nitrogens is 1. The summed E-state index contributed by atoms with van der Waals surface area (Å²) in [5.41, 5.74) is 1.42. The summed E-state index contributed by atoms with van der Waals surface area (Å²) in [6.45, 7) is 2.21. The molecule has 3 rings (SSSR count). The normalized spacial score (nSPS) is 13.1. The Kier molecular flexibility index (Phi) is 8.77. The number of rotatable bonds is 12. The topological polar surface area (TPSA) is 78.6 Å². The number of para-hydroxylation sites is 3. The summed E-state index contributed by atoms with van der Waals surface area (Å²) in [7, 11) is -1.07. The van der Waals surface area contributed by atoms with E-state index < -0.39 is 22.9 Å². The monoisotopic (exact) mass is 447 g/mol. The third-order valence-electron chi connectivity index (χ3n) is 4.16. The van der Waals surface area contributed by atoms with Gasteiger partial charge in [-0.15, -0.1) is 0 Å². The van der Waals surface area contributed by atoms with Gasteiger partial charge >= 0.3 is 5.97 Å². The summed E-state index contributed by atoms with van der Waals surface area (Å²) in [6, 6.07) is 16.7. The minimum absolute atomic E-state index is 0.0518. The van der Waals surface area contributed by atoms with Crippen molar-refractivity contribution in [1.82, 2.24) is 4.98 Å². The summed E-state index contributed by atoms with van der Waals surface area (Å²) in [6.07, 6.45) is 1.26. The lowest BCUT2D eigenvalue weighted by Gasteiger charge is -2.18. The predicted molar refractivity (Wildman–Crippen MR) is 119 cm³/mol. The van der Waals surface area contributed by atoms with Gasteiger partial charge in [0.2, 0.25) is 0 Å². The van der Waals surface area contributed by atoms with E-state index in [1.165, 1.54) is 11.8 Å². The Hall–Kier alpha value is -2.32. The number of hydrogen-bond acceptors (Lipinski definition) is 7. The molecule has 3 aromatic rings. The van der Waals surface area contributed by atoms with Crippen LogP contribution in [0.3, 0.4) is 0 Å². The summed E-state index contributed by atoms with van der Waals surface area (Å²) >= 11 is 1.17. The molecule has 0 fully saturated rings. The van der Waals surface area contributed by atoms with Crippen LogP contribution in [-0.2, 0) is 20.3 Å². The average Bonchev–Trinajstić information content (AvgIpc) is 3.18. The van der Waals surface area contributed by atoms with Gasteiger partial charge in [-0.25, -0.2) is 4.98 Å². The van der Waals surface area contributed by atoms with Crippen molar-refractivity contribution >= 4 is 39.6 Å². The van der Waals surface area contributed by atoms with E-state index in [2.05, 4.69) is 11.9 Å². The molecule has 160 valence electrons. The Balaban J connectivity index is 1.54. The summed E-state index contributed by atoms with van der Waals surface area (Å²) in [5, 5.41) is 0.414. The standard InChI is InChI=1S/C22H25NO5S2/c1-2-3-13-30(25)16-18(14-26-17-9-5-4-6-10-17)27-21(24)15-29-22-23-19-11-7-8-12-20(19)28-22/h4-12,18H,2-3,13-16H2,1H3. The number of carbonyl (C=O) groups is 1. The van der Waals surface area contributed by atoms with E-state index in [0.717, 1.165) is 18.4 Å². The molecule has 0 saturated carbocycles. The number of thioether (sulfide) groups is 1. The zero-order valence-electron chi connectivity index (χ0n) is 16.8. The first-order valence-electron chi connectivity index (χ1n) is 9.84. The van der Waals surface area contributed by atoms with Crippen LogP contribution < -0.4 is 4.74 Å². The van der Waals surface area contributed by atoms with Crippen molar-refractivity contribution in [3.05, 3.63) is 54.6 Å². The number of benzene rings is 2. The van der Waals surface area contributed by atoms with E-state index in [-0.39, 0.29) is 18.1 Å². The Labute approximate surface area is 182 Å². The fourth-order valence-corrected chi connectivity index (χ4v) is 4.65. The molecule has 2 unspecified atom stereocenters. The molecule has 2 aromatic carbocycles. The Morgan fingerprint density at radius 1 is 1.17 bits per heavy atom. The van der Waals surface area contributed by atoms with Gasteiger partial charge in [0.1, 0.15) is 29.7 Å². The van der Waals surface area contributed by atoms with Crippen LogP contribution in [0.15, 0.2) is 64.2 Å². The first kappa shape index (κ1) is 22.4. The number of fused-ring (bicyclic) bond motifs is 1. The number of esters is 1. The van der Waals surface area contributed by atoms with Crippen LogP contribution in [-0.4, -0.2) is 45.1 Å². The highest BCUT2D eigenvalue weighted by molar-refractivity contribution is 7.99. The van der Waals surface area contributed by atoms with Crippen LogP contribution in [0.25, 0.3) is 11.1 Å². The fraction of sp³-hybridized carbons (Fsp3) is 0.364. The fourth-order valence-electron chi connectivity index (χ4n) is 2.67. The number of unbranched alkanes of at least 4 members (excludes halogenated alkanes) is 1. The van der Waals surface area contributed by atoms with Crippen LogP contribution in [0.1, 0.15) is 19.8 Å². The molecule has 8 heteroatoms. The zero-order valence-corrected chi connectivity index (χ0v) is 18.5. The average molecular weight is 448 g/mol. The zero-order chi connectivity index (χ0) is 21.2. The Morgan fingerprint density at radius 2 is 1.93 bits per heavy atom. The number of hydrogen-bond donors (Lipinski definition) is 0. The van der Waals surface area contributed by atoms with Gasteiger partial charge in [0.15, 0.2) is 5.58 Å². The quantitative estimate of drug-likeness (QED) is 0.300. The molecule has 0 aliphatic heterocycles. The van der Waals surface area contributed by atoms with E-state index in [1.54, 1.807) is 0 Å². The van der Waals surface area contributed by atoms with Crippen LogP contribution in [0.2, 0.25) is 0 Å². The van der Waals surface area contributed by atoms with Gasteiger partial charge in [-0.1, -0.05) is 55.4 Å². The maximum atomic E-state index is 12.4. The molecule has 0 aliphatic carbocycles. The van der Waals surface area contributed by atoms with Crippen LogP contribution in [0.4, 0.5) is 0 Å². The van der Waals surface area contributed by atoms with Crippen LogP contribution in [0.5, 0.6) is 5.75 Å². The summed E-state index contributed by atoms with van der Waals surface area (Å²) in [4.78, 5) is 16.7. The van der Waals surface area contributed by atoms with Crippen molar-refractivity contribution in [2.75, 3.05) is 23.9 Å². The highest BCUT2D eigenvalue weighted by atomic mass is 32.2. The number of nitrogens with zero attached hydrogens (tertiary/aromatic N) is 1. The van der Waals surface area contributed by atoms with Crippen LogP contribution >= 0.6 is 11.8 Å². The third-order valence-corrected chi connectivity index (χ3v) is 6.45. The second-order valence-electron chi connectivity index (χ2n) is 6.64. The van der Waals surface area contributed by atoms with Crippen molar-refractivity contribution in [3.63, 3.8) is 0 Å². The number of ether oxygens (including phenoxy) is 2.